The van der Waals surface area contributed by atoms with Crippen molar-refractivity contribution in [3.63, 3.8) is 0 Å². The summed E-state index contributed by atoms with van der Waals surface area (Å²) in [7, 11) is 1.83. The van der Waals surface area contributed by atoms with Crippen molar-refractivity contribution in [2.75, 3.05) is 38.2 Å². The van der Waals surface area contributed by atoms with Gasteiger partial charge in [0.05, 0.1) is 6.10 Å². The molecule has 2 aliphatic heterocycles. The van der Waals surface area contributed by atoms with Crippen LogP contribution in [0.1, 0.15) is 25.7 Å². The van der Waals surface area contributed by atoms with E-state index < -0.39 is 0 Å². The summed E-state index contributed by atoms with van der Waals surface area (Å²) in [4.78, 5) is 2.61. The standard InChI is InChI=1S/C12H24N2OS/c1-15-11-4-2-6-14(8-11)12(9-13)5-3-7-16-10-12/h11H,2-10,13H2,1H3. The molecule has 0 spiro atoms. The van der Waals surface area contributed by atoms with Crippen LogP contribution in [0.25, 0.3) is 0 Å². The van der Waals surface area contributed by atoms with Crippen LogP contribution in [0, 0.1) is 0 Å². The lowest BCUT2D eigenvalue weighted by atomic mass is 9.90. The van der Waals surface area contributed by atoms with Gasteiger partial charge in [-0.1, -0.05) is 0 Å². The summed E-state index contributed by atoms with van der Waals surface area (Å²) >= 11 is 2.07. The van der Waals surface area contributed by atoms with Crippen LogP contribution in [-0.4, -0.2) is 54.8 Å². The number of likely N-dealkylation sites (tertiary alicyclic amines) is 1. The zero-order chi connectivity index (χ0) is 11.4. The Kier molecular flexibility index (Phi) is 4.53. The maximum absolute atomic E-state index is 6.06. The number of nitrogens with zero attached hydrogens (tertiary/aromatic N) is 1. The maximum Gasteiger partial charge on any atom is 0.0698 e. The summed E-state index contributed by atoms with van der Waals surface area (Å²) in [6, 6.07) is 0. The first-order valence-electron chi connectivity index (χ1n) is 6.36. The normalized spacial score (nSPS) is 37.5. The summed E-state index contributed by atoms with van der Waals surface area (Å²) in [6.45, 7) is 3.09. The van der Waals surface area contributed by atoms with Crippen LogP contribution >= 0.6 is 11.8 Å². The van der Waals surface area contributed by atoms with Gasteiger partial charge in [-0.2, -0.15) is 11.8 Å². The zero-order valence-corrected chi connectivity index (χ0v) is 11.1. The second kappa shape index (κ2) is 5.71. The van der Waals surface area contributed by atoms with Gasteiger partial charge in [0.25, 0.3) is 0 Å². The molecule has 2 saturated heterocycles. The van der Waals surface area contributed by atoms with E-state index in [1.807, 2.05) is 7.11 Å². The smallest absolute Gasteiger partial charge is 0.0698 e. The number of piperidine rings is 1. The molecule has 2 atom stereocenters. The third-order valence-electron chi connectivity index (χ3n) is 4.06. The predicted octanol–water partition coefficient (Wildman–Crippen LogP) is 1.32. The fourth-order valence-corrected chi connectivity index (χ4v) is 4.26. The average molecular weight is 244 g/mol. The van der Waals surface area contributed by atoms with E-state index in [2.05, 4.69) is 16.7 Å². The Balaban J connectivity index is 2.01. The number of nitrogens with two attached hydrogens (primary N) is 1. The summed E-state index contributed by atoms with van der Waals surface area (Å²) in [5.74, 6) is 2.52. The van der Waals surface area contributed by atoms with Gasteiger partial charge in [-0.3, -0.25) is 4.90 Å². The summed E-state index contributed by atoms with van der Waals surface area (Å²) in [6.07, 6.45) is 5.47. The van der Waals surface area contributed by atoms with Crippen LogP contribution in [-0.2, 0) is 4.74 Å². The third-order valence-corrected chi connectivity index (χ3v) is 5.38. The van der Waals surface area contributed by atoms with Crippen molar-refractivity contribution in [3.05, 3.63) is 0 Å². The van der Waals surface area contributed by atoms with Crippen molar-refractivity contribution in [2.45, 2.75) is 37.3 Å². The molecule has 2 heterocycles. The van der Waals surface area contributed by atoms with Crippen LogP contribution in [0.5, 0.6) is 0 Å². The fourth-order valence-electron chi connectivity index (χ4n) is 2.94. The lowest BCUT2D eigenvalue weighted by molar-refractivity contribution is -0.0134. The zero-order valence-electron chi connectivity index (χ0n) is 10.3. The number of ether oxygens (including phenoxy) is 1. The Morgan fingerprint density at radius 3 is 3.00 bits per heavy atom. The van der Waals surface area contributed by atoms with E-state index in [0.29, 0.717) is 6.10 Å². The fraction of sp³-hybridized carbons (Fsp3) is 1.00. The van der Waals surface area contributed by atoms with Gasteiger partial charge in [-0.25, -0.2) is 0 Å². The first-order chi connectivity index (χ1) is 7.80. The number of hydrogen-bond acceptors (Lipinski definition) is 4. The molecular formula is C12H24N2OS. The van der Waals surface area contributed by atoms with E-state index in [9.17, 15) is 0 Å². The summed E-state index contributed by atoms with van der Waals surface area (Å²) in [5.41, 5.74) is 6.32. The van der Waals surface area contributed by atoms with Gasteiger partial charge in [0.15, 0.2) is 0 Å². The van der Waals surface area contributed by atoms with E-state index in [0.717, 1.165) is 13.1 Å². The third kappa shape index (κ3) is 2.55. The maximum atomic E-state index is 6.06. The first-order valence-corrected chi connectivity index (χ1v) is 7.52. The minimum Gasteiger partial charge on any atom is -0.380 e. The molecule has 0 aliphatic carbocycles. The minimum absolute atomic E-state index is 0.264. The Hall–Kier alpha value is 0.230. The number of methoxy groups -OCH3 is 1. The molecule has 94 valence electrons. The quantitative estimate of drug-likeness (QED) is 0.813. The van der Waals surface area contributed by atoms with Crippen molar-refractivity contribution >= 4 is 11.8 Å². The molecule has 3 nitrogen and oxygen atoms in total. The van der Waals surface area contributed by atoms with Gasteiger partial charge >= 0.3 is 0 Å². The SMILES string of the molecule is COC1CCCN(C2(CN)CCCSC2)C1. The van der Waals surface area contributed by atoms with Crippen molar-refractivity contribution in [3.8, 4) is 0 Å². The second-order valence-corrected chi connectivity index (χ2v) is 6.14. The van der Waals surface area contributed by atoms with E-state index in [4.69, 9.17) is 10.5 Å². The highest BCUT2D eigenvalue weighted by Crippen LogP contribution is 2.33. The van der Waals surface area contributed by atoms with Crippen molar-refractivity contribution in [1.29, 1.82) is 0 Å². The molecule has 2 rings (SSSR count). The Labute approximate surface area is 103 Å². The number of hydrogen-bond donors (Lipinski definition) is 1. The second-order valence-electron chi connectivity index (χ2n) is 5.03. The lowest BCUT2D eigenvalue weighted by Gasteiger charge is -2.48. The summed E-state index contributed by atoms with van der Waals surface area (Å²) < 4.78 is 5.51. The molecule has 0 aromatic carbocycles. The van der Waals surface area contributed by atoms with Crippen molar-refractivity contribution in [2.24, 2.45) is 5.73 Å². The van der Waals surface area contributed by atoms with Gasteiger partial charge in [-0.05, 0) is 38.0 Å². The molecular weight excluding hydrogens is 220 g/mol. The molecule has 16 heavy (non-hydrogen) atoms. The monoisotopic (exact) mass is 244 g/mol. The highest BCUT2D eigenvalue weighted by atomic mass is 32.2. The molecule has 2 aliphatic rings. The van der Waals surface area contributed by atoms with Crippen LogP contribution < -0.4 is 5.73 Å². The molecule has 2 N–H and O–H groups in total. The van der Waals surface area contributed by atoms with Crippen molar-refractivity contribution < 1.29 is 4.74 Å². The molecule has 0 aromatic heterocycles. The molecule has 0 saturated carbocycles. The minimum atomic E-state index is 0.264. The van der Waals surface area contributed by atoms with E-state index in [1.165, 1.54) is 43.7 Å². The predicted molar refractivity (Wildman–Crippen MR) is 69.9 cm³/mol. The van der Waals surface area contributed by atoms with Crippen LogP contribution in [0.2, 0.25) is 0 Å². The van der Waals surface area contributed by atoms with E-state index in [-0.39, 0.29) is 5.54 Å². The molecule has 0 amide bonds. The highest BCUT2D eigenvalue weighted by Gasteiger charge is 2.39. The molecule has 0 bridgehead atoms. The largest absolute Gasteiger partial charge is 0.380 e. The molecule has 0 aromatic rings. The Morgan fingerprint density at radius 2 is 2.38 bits per heavy atom. The van der Waals surface area contributed by atoms with Gasteiger partial charge in [0.2, 0.25) is 0 Å². The molecule has 0 radical (unpaired) electrons. The highest BCUT2D eigenvalue weighted by molar-refractivity contribution is 7.99. The Bertz CT molecular complexity index is 219. The molecule has 2 fully saturated rings. The van der Waals surface area contributed by atoms with E-state index >= 15 is 0 Å². The van der Waals surface area contributed by atoms with Gasteiger partial charge in [-0.15, -0.1) is 0 Å². The van der Waals surface area contributed by atoms with Gasteiger partial charge in [0.1, 0.15) is 0 Å². The summed E-state index contributed by atoms with van der Waals surface area (Å²) in [5, 5.41) is 0. The topological polar surface area (TPSA) is 38.5 Å². The van der Waals surface area contributed by atoms with Crippen LogP contribution in [0.4, 0.5) is 0 Å². The van der Waals surface area contributed by atoms with Crippen LogP contribution in [0.3, 0.4) is 0 Å². The van der Waals surface area contributed by atoms with Crippen LogP contribution in [0.15, 0.2) is 0 Å². The van der Waals surface area contributed by atoms with Gasteiger partial charge in [0, 0.05) is 31.5 Å². The van der Waals surface area contributed by atoms with Crippen molar-refractivity contribution in [1.82, 2.24) is 4.90 Å². The van der Waals surface area contributed by atoms with Gasteiger partial charge < -0.3 is 10.5 Å². The van der Waals surface area contributed by atoms with E-state index in [1.54, 1.807) is 0 Å². The Morgan fingerprint density at radius 1 is 1.50 bits per heavy atom. The first kappa shape index (κ1) is 12.7. The molecule has 2 unspecified atom stereocenters. The number of rotatable bonds is 3. The lowest BCUT2D eigenvalue weighted by Crippen LogP contribution is -2.60. The number of thioether (sulfide) groups is 1. The molecule has 4 heteroatoms. The average Bonchev–Trinajstić information content (AvgIpc) is 2.39.